The van der Waals surface area contributed by atoms with Crippen LogP contribution >= 0.6 is 0 Å². The number of carbonyl (C=O) groups is 2. The van der Waals surface area contributed by atoms with E-state index in [1.165, 1.54) is 0 Å². The quantitative estimate of drug-likeness (QED) is 0.908. The van der Waals surface area contributed by atoms with E-state index in [-0.39, 0.29) is 11.9 Å². The molecule has 1 unspecified atom stereocenters. The number of nitrogens with zero attached hydrogens (tertiary/aromatic N) is 1. The third-order valence-electron chi connectivity index (χ3n) is 3.98. The van der Waals surface area contributed by atoms with Gasteiger partial charge in [-0.1, -0.05) is 18.2 Å². The SMILES string of the molecule is Cc1occc1CNC(=O)NC1CCN(c2ccccc2)C1=O. The average Bonchev–Trinajstić information content (AvgIpc) is 3.13. The fourth-order valence-corrected chi connectivity index (χ4v) is 2.66. The standard InChI is InChI=1S/C17H19N3O3/c1-12-13(8-10-23-12)11-18-17(22)19-15-7-9-20(16(15)21)14-5-3-2-4-6-14/h2-6,8,10,15H,7,9,11H2,1H3,(H2,18,19,22). The number of carbonyl (C=O) groups excluding carboxylic acids is 2. The highest BCUT2D eigenvalue weighted by atomic mass is 16.3. The maximum atomic E-state index is 12.4. The molecular formula is C17H19N3O3. The molecule has 0 saturated carbocycles. The van der Waals surface area contributed by atoms with Crippen LogP contribution in [0.25, 0.3) is 0 Å². The summed E-state index contributed by atoms with van der Waals surface area (Å²) in [7, 11) is 0. The van der Waals surface area contributed by atoms with E-state index in [9.17, 15) is 9.59 Å². The molecule has 0 aliphatic carbocycles. The first-order valence-corrected chi connectivity index (χ1v) is 7.59. The largest absolute Gasteiger partial charge is 0.469 e. The van der Waals surface area contributed by atoms with Crippen molar-refractivity contribution in [2.75, 3.05) is 11.4 Å². The van der Waals surface area contributed by atoms with Crippen LogP contribution in [-0.4, -0.2) is 24.5 Å². The summed E-state index contributed by atoms with van der Waals surface area (Å²) in [5.41, 5.74) is 1.78. The Labute approximate surface area is 134 Å². The lowest BCUT2D eigenvalue weighted by atomic mass is 10.2. The predicted molar refractivity (Wildman–Crippen MR) is 86.0 cm³/mol. The number of benzene rings is 1. The minimum atomic E-state index is -0.486. The van der Waals surface area contributed by atoms with Crippen LogP contribution in [0.5, 0.6) is 0 Å². The Morgan fingerprint density at radius 1 is 1.30 bits per heavy atom. The van der Waals surface area contributed by atoms with Crippen LogP contribution < -0.4 is 15.5 Å². The van der Waals surface area contributed by atoms with Crippen molar-refractivity contribution in [1.29, 1.82) is 0 Å². The van der Waals surface area contributed by atoms with Gasteiger partial charge in [-0.05, 0) is 31.5 Å². The van der Waals surface area contributed by atoms with E-state index in [0.717, 1.165) is 17.0 Å². The molecule has 1 aliphatic heterocycles. The Kier molecular flexibility index (Phi) is 4.32. The van der Waals surface area contributed by atoms with Gasteiger partial charge in [0.1, 0.15) is 11.8 Å². The lowest BCUT2D eigenvalue weighted by Gasteiger charge is -2.17. The monoisotopic (exact) mass is 313 g/mol. The summed E-state index contributed by atoms with van der Waals surface area (Å²) in [5, 5.41) is 5.49. The Bertz CT molecular complexity index is 696. The summed E-state index contributed by atoms with van der Waals surface area (Å²) in [5.74, 6) is 0.698. The van der Waals surface area contributed by atoms with Gasteiger partial charge in [-0.2, -0.15) is 0 Å². The highest BCUT2D eigenvalue weighted by molar-refractivity contribution is 6.01. The number of anilines is 1. The third kappa shape index (κ3) is 3.36. The van der Waals surface area contributed by atoms with Crippen molar-refractivity contribution < 1.29 is 14.0 Å². The van der Waals surface area contributed by atoms with Gasteiger partial charge >= 0.3 is 6.03 Å². The molecule has 6 nitrogen and oxygen atoms in total. The summed E-state index contributed by atoms with van der Waals surface area (Å²) in [4.78, 5) is 26.1. The lowest BCUT2D eigenvalue weighted by Crippen LogP contribution is -2.45. The molecule has 1 aromatic carbocycles. The molecule has 1 fully saturated rings. The highest BCUT2D eigenvalue weighted by Crippen LogP contribution is 2.20. The van der Waals surface area contributed by atoms with E-state index in [4.69, 9.17) is 4.42 Å². The molecule has 1 saturated heterocycles. The molecule has 1 atom stereocenters. The first-order chi connectivity index (χ1) is 11.1. The van der Waals surface area contributed by atoms with Crippen LogP contribution in [0.4, 0.5) is 10.5 Å². The van der Waals surface area contributed by atoms with Gasteiger partial charge in [-0.15, -0.1) is 0 Å². The molecule has 1 aliphatic rings. The first-order valence-electron chi connectivity index (χ1n) is 7.59. The van der Waals surface area contributed by atoms with Gasteiger partial charge in [0.25, 0.3) is 0 Å². The molecule has 3 amide bonds. The van der Waals surface area contributed by atoms with Gasteiger partial charge in [0.2, 0.25) is 5.91 Å². The average molecular weight is 313 g/mol. The molecule has 2 N–H and O–H groups in total. The predicted octanol–water partition coefficient (Wildman–Crippen LogP) is 2.19. The van der Waals surface area contributed by atoms with Crippen LogP contribution in [0.3, 0.4) is 0 Å². The number of amides is 3. The summed E-state index contributed by atoms with van der Waals surface area (Å²) in [6.45, 7) is 2.82. The third-order valence-corrected chi connectivity index (χ3v) is 3.98. The topological polar surface area (TPSA) is 74.6 Å². The minimum absolute atomic E-state index is 0.0779. The van der Waals surface area contributed by atoms with Gasteiger partial charge in [0.05, 0.1) is 6.26 Å². The Morgan fingerprint density at radius 3 is 2.78 bits per heavy atom. The molecule has 2 aromatic rings. The van der Waals surface area contributed by atoms with Crippen LogP contribution in [0.2, 0.25) is 0 Å². The molecule has 0 bridgehead atoms. The van der Waals surface area contributed by atoms with Crippen molar-refractivity contribution in [2.24, 2.45) is 0 Å². The van der Waals surface area contributed by atoms with E-state index in [1.54, 1.807) is 11.2 Å². The molecule has 6 heteroatoms. The number of para-hydroxylation sites is 1. The van der Waals surface area contributed by atoms with Crippen LogP contribution in [0.1, 0.15) is 17.7 Å². The first kappa shape index (κ1) is 15.1. The molecule has 1 aromatic heterocycles. The zero-order valence-corrected chi connectivity index (χ0v) is 12.9. The normalized spacial score (nSPS) is 17.3. The van der Waals surface area contributed by atoms with Gasteiger partial charge in [-0.3, -0.25) is 4.79 Å². The van der Waals surface area contributed by atoms with Gasteiger partial charge in [0, 0.05) is 24.3 Å². The van der Waals surface area contributed by atoms with E-state index < -0.39 is 6.04 Å². The second-order valence-electron chi connectivity index (χ2n) is 5.50. The summed E-state index contributed by atoms with van der Waals surface area (Å²) < 4.78 is 5.18. The second-order valence-corrected chi connectivity index (χ2v) is 5.50. The number of urea groups is 1. The van der Waals surface area contributed by atoms with E-state index in [1.807, 2.05) is 43.3 Å². The summed E-state index contributed by atoms with van der Waals surface area (Å²) in [6.07, 6.45) is 2.19. The smallest absolute Gasteiger partial charge is 0.315 e. The van der Waals surface area contributed by atoms with Crippen LogP contribution in [-0.2, 0) is 11.3 Å². The molecular weight excluding hydrogens is 294 g/mol. The Hall–Kier alpha value is -2.76. The van der Waals surface area contributed by atoms with Crippen molar-refractivity contribution in [3.05, 3.63) is 54.0 Å². The van der Waals surface area contributed by atoms with Gasteiger partial charge < -0.3 is 20.0 Å². The number of furan rings is 1. The van der Waals surface area contributed by atoms with Crippen molar-refractivity contribution in [2.45, 2.75) is 25.9 Å². The summed E-state index contributed by atoms with van der Waals surface area (Å²) >= 11 is 0. The van der Waals surface area contributed by atoms with E-state index in [0.29, 0.717) is 19.5 Å². The van der Waals surface area contributed by atoms with Crippen molar-refractivity contribution in [3.8, 4) is 0 Å². The molecule has 0 radical (unpaired) electrons. The molecule has 0 spiro atoms. The molecule has 23 heavy (non-hydrogen) atoms. The molecule has 2 heterocycles. The fraction of sp³-hybridized carbons (Fsp3) is 0.294. The van der Waals surface area contributed by atoms with Crippen molar-refractivity contribution in [3.63, 3.8) is 0 Å². The van der Waals surface area contributed by atoms with Crippen molar-refractivity contribution in [1.82, 2.24) is 10.6 Å². The Balaban J connectivity index is 1.53. The maximum Gasteiger partial charge on any atom is 0.315 e. The van der Waals surface area contributed by atoms with Gasteiger partial charge in [0.15, 0.2) is 0 Å². The van der Waals surface area contributed by atoms with E-state index >= 15 is 0 Å². The summed E-state index contributed by atoms with van der Waals surface area (Å²) in [6, 6.07) is 10.5. The number of nitrogens with one attached hydrogen (secondary N) is 2. The number of hydrogen-bond acceptors (Lipinski definition) is 3. The highest BCUT2D eigenvalue weighted by Gasteiger charge is 2.33. The fourth-order valence-electron chi connectivity index (χ4n) is 2.66. The van der Waals surface area contributed by atoms with E-state index in [2.05, 4.69) is 10.6 Å². The maximum absolute atomic E-state index is 12.4. The molecule has 3 rings (SSSR count). The zero-order chi connectivity index (χ0) is 16.2. The molecule has 120 valence electrons. The van der Waals surface area contributed by atoms with Gasteiger partial charge in [-0.25, -0.2) is 4.79 Å². The lowest BCUT2D eigenvalue weighted by molar-refractivity contribution is -0.118. The zero-order valence-electron chi connectivity index (χ0n) is 12.9. The minimum Gasteiger partial charge on any atom is -0.469 e. The second kappa shape index (κ2) is 6.56. The number of aryl methyl sites for hydroxylation is 1. The van der Waals surface area contributed by atoms with Crippen molar-refractivity contribution >= 4 is 17.6 Å². The number of rotatable bonds is 4. The Morgan fingerprint density at radius 2 is 2.09 bits per heavy atom. The number of hydrogen-bond donors (Lipinski definition) is 2. The van der Waals surface area contributed by atoms with Crippen LogP contribution in [0, 0.1) is 6.92 Å². The van der Waals surface area contributed by atoms with Crippen LogP contribution in [0.15, 0.2) is 47.1 Å².